The quantitative estimate of drug-likeness (QED) is 0.899. The van der Waals surface area contributed by atoms with E-state index in [2.05, 4.69) is 35.1 Å². The second-order valence-corrected chi connectivity index (χ2v) is 5.53. The lowest BCUT2D eigenvalue weighted by Crippen LogP contribution is -2.41. The number of anilines is 1. The van der Waals surface area contributed by atoms with E-state index >= 15 is 0 Å². The zero-order chi connectivity index (χ0) is 13.7. The molecule has 1 aliphatic rings. The number of nitrogens with one attached hydrogen (secondary N) is 1. The van der Waals surface area contributed by atoms with E-state index in [1.54, 1.807) is 12.3 Å². The lowest BCUT2D eigenvalue weighted by atomic mass is 9.97. The van der Waals surface area contributed by atoms with E-state index in [-0.39, 0.29) is 0 Å². The van der Waals surface area contributed by atoms with Gasteiger partial charge in [0.2, 0.25) is 0 Å². The summed E-state index contributed by atoms with van der Waals surface area (Å²) < 4.78 is 0. The Morgan fingerprint density at radius 2 is 2.42 bits per heavy atom. The van der Waals surface area contributed by atoms with Gasteiger partial charge in [-0.2, -0.15) is 5.26 Å². The number of hydrogen-bond donors (Lipinski definition) is 1. The monoisotopic (exact) mass is 258 g/mol. The highest BCUT2D eigenvalue weighted by Gasteiger charge is 2.21. The summed E-state index contributed by atoms with van der Waals surface area (Å²) >= 11 is 0. The average Bonchev–Trinajstić information content (AvgIpc) is 2.45. The van der Waals surface area contributed by atoms with E-state index in [4.69, 9.17) is 5.26 Å². The molecule has 19 heavy (non-hydrogen) atoms. The SMILES string of the molecule is CC(C)NCC1CCCN(c2cc(C#N)ccn2)C1. The zero-order valence-electron chi connectivity index (χ0n) is 11.8. The highest BCUT2D eigenvalue weighted by atomic mass is 15.2. The van der Waals surface area contributed by atoms with Gasteiger partial charge >= 0.3 is 0 Å². The maximum atomic E-state index is 8.95. The van der Waals surface area contributed by atoms with Gasteiger partial charge in [0.25, 0.3) is 0 Å². The molecule has 2 rings (SSSR count). The van der Waals surface area contributed by atoms with Crippen LogP contribution in [0.2, 0.25) is 0 Å². The fourth-order valence-corrected chi connectivity index (χ4v) is 2.50. The summed E-state index contributed by atoms with van der Waals surface area (Å²) in [6.07, 6.45) is 4.20. The van der Waals surface area contributed by atoms with Crippen LogP contribution in [0.15, 0.2) is 18.3 Å². The molecule has 0 spiro atoms. The van der Waals surface area contributed by atoms with Crippen molar-refractivity contribution in [2.75, 3.05) is 24.5 Å². The van der Waals surface area contributed by atoms with Gasteiger partial charge in [-0.25, -0.2) is 4.98 Å². The first-order chi connectivity index (χ1) is 9.19. The molecule has 4 heteroatoms. The predicted octanol–water partition coefficient (Wildman–Crippen LogP) is 2.17. The Kier molecular flexibility index (Phi) is 4.75. The Balaban J connectivity index is 1.98. The van der Waals surface area contributed by atoms with Crippen molar-refractivity contribution in [1.29, 1.82) is 5.26 Å². The predicted molar refractivity (Wildman–Crippen MR) is 77.0 cm³/mol. The van der Waals surface area contributed by atoms with Gasteiger partial charge in [0, 0.05) is 25.3 Å². The molecule has 0 amide bonds. The van der Waals surface area contributed by atoms with Crippen molar-refractivity contribution in [2.24, 2.45) is 5.92 Å². The molecule has 1 saturated heterocycles. The molecule has 102 valence electrons. The summed E-state index contributed by atoms with van der Waals surface area (Å²) in [4.78, 5) is 6.70. The molecule has 0 radical (unpaired) electrons. The third kappa shape index (κ3) is 3.93. The number of pyridine rings is 1. The summed E-state index contributed by atoms with van der Waals surface area (Å²) in [5.41, 5.74) is 0.687. The fraction of sp³-hybridized carbons (Fsp3) is 0.600. The highest BCUT2D eigenvalue weighted by Crippen LogP contribution is 2.21. The van der Waals surface area contributed by atoms with Crippen molar-refractivity contribution < 1.29 is 0 Å². The van der Waals surface area contributed by atoms with Crippen LogP contribution in [-0.4, -0.2) is 30.7 Å². The second-order valence-electron chi connectivity index (χ2n) is 5.53. The molecule has 0 saturated carbocycles. The molecular weight excluding hydrogens is 236 g/mol. The number of nitrogens with zero attached hydrogens (tertiary/aromatic N) is 3. The summed E-state index contributed by atoms with van der Waals surface area (Å²) in [5, 5.41) is 12.5. The third-order valence-electron chi connectivity index (χ3n) is 3.53. The van der Waals surface area contributed by atoms with E-state index in [0.717, 1.165) is 25.5 Å². The van der Waals surface area contributed by atoms with Crippen molar-refractivity contribution in [2.45, 2.75) is 32.7 Å². The number of piperidine rings is 1. The van der Waals surface area contributed by atoms with Crippen LogP contribution in [0.4, 0.5) is 5.82 Å². The van der Waals surface area contributed by atoms with Crippen LogP contribution >= 0.6 is 0 Å². The maximum absolute atomic E-state index is 8.95. The normalized spacial score (nSPS) is 19.5. The van der Waals surface area contributed by atoms with Crippen LogP contribution in [0.1, 0.15) is 32.3 Å². The zero-order valence-corrected chi connectivity index (χ0v) is 11.8. The first kappa shape index (κ1) is 13.8. The molecule has 0 bridgehead atoms. The van der Waals surface area contributed by atoms with E-state index in [1.165, 1.54) is 12.8 Å². The number of hydrogen-bond acceptors (Lipinski definition) is 4. The van der Waals surface area contributed by atoms with Crippen molar-refractivity contribution in [3.8, 4) is 6.07 Å². The highest BCUT2D eigenvalue weighted by molar-refractivity contribution is 5.45. The Labute approximate surface area is 115 Å². The molecule has 1 fully saturated rings. The van der Waals surface area contributed by atoms with Gasteiger partial charge in [-0.15, -0.1) is 0 Å². The van der Waals surface area contributed by atoms with Crippen LogP contribution in [0.3, 0.4) is 0 Å². The molecular formula is C15H22N4. The standard InChI is InChI=1S/C15H22N4/c1-12(2)18-10-14-4-3-7-19(11-14)15-8-13(9-16)5-6-17-15/h5-6,8,12,14,18H,3-4,7,10-11H2,1-2H3. The molecule has 1 atom stereocenters. The van der Waals surface area contributed by atoms with Gasteiger partial charge in [-0.1, -0.05) is 13.8 Å². The molecule has 1 N–H and O–H groups in total. The van der Waals surface area contributed by atoms with E-state index < -0.39 is 0 Å². The van der Waals surface area contributed by atoms with E-state index in [0.29, 0.717) is 17.5 Å². The summed E-state index contributed by atoms with van der Waals surface area (Å²) in [6, 6.07) is 6.36. The summed E-state index contributed by atoms with van der Waals surface area (Å²) in [5.74, 6) is 1.61. The van der Waals surface area contributed by atoms with Gasteiger partial charge in [-0.3, -0.25) is 0 Å². The van der Waals surface area contributed by atoms with Gasteiger partial charge in [0.15, 0.2) is 0 Å². The largest absolute Gasteiger partial charge is 0.356 e. The van der Waals surface area contributed by atoms with Gasteiger partial charge in [0.1, 0.15) is 5.82 Å². The minimum atomic E-state index is 0.537. The van der Waals surface area contributed by atoms with Crippen LogP contribution in [0.5, 0.6) is 0 Å². The maximum Gasteiger partial charge on any atom is 0.129 e. The van der Waals surface area contributed by atoms with Crippen molar-refractivity contribution in [1.82, 2.24) is 10.3 Å². The molecule has 1 unspecified atom stereocenters. The number of nitriles is 1. The van der Waals surface area contributed by atoms with Crippen molar-refractivity contribution >= 4 is 5.82 Å². The van der Waals surface area contributed by atoms with Gasteiger partial charge in [-0.05, 0) is 37.4 Å². The van der Waals surface area contributed by atoms with Gasteiger partial charge < -0.3 is 10.2 Å². The Hall–Kier alpha value is -1.60. The number of aromatic nitrogens is 1. The summed E-state index contributed by atoms with van der Waals surface area (Å²) in [6.45, 7) is 7.49. The lowest BCUT2D eigenvalue weighted by Gasteiger charge is -2.34. The lowest BCUT2D eigenvalue weighted by molar-refractivity contribution is 0.378. The molecule has 0 aliphatic carbocycles. The molecule has 1 aromatic rings. The topological polar surface area (TPSA) is 52.0 Å². The molecule has 1 aliphatic heterocycles. The van der Waals surface area contributed by atoms with Crippen LogP contribution in [-0.2, 0) is 0 Å². The minimum Gasteiger partial charge on any atom is -0.356 e. The van der Waals surface area contributed by atoms with Crippen LogP contribution < -0.4 is 10.2 Å². The Morgan fingerprint density at radius 3 is 3.16 bits per heavy atom. The molecule has 0 aromatic carbocycles. The van der Waals surface area contributed by atoms with Crippen molar-refractivity contribution in [3.63, 3.8) is 0 Å². The first-order valence-corrected chi connectivity index (χ1v) is 7.03. The van der Waals surface area contributed by atoms with Crippen LogP contribution in [0, 0.1) is 17.2 Å². The molecule has 1 aromatic heterocycles. The fourth-order valence-electron chi connectivity index (χ4n) is 2.50. The van der Waals surface area contributed by atoms with E-state index in [1.807, 2.05) is 6.07 Å². The smallest absolute Gasteiger partial charge is 0.129 e. The number of rotatable bonds is 4. The Bertz CT molecular complexity index is 450. The average molecular weight is 258 g/mol. The first-order valence-electron chi connectivity index (χ1n) is 7.03. The second kappa shape index (κ2) is 6.53. The van der Waals surface area contributed by atoms with Crippen LogP contribution in [0.25, 0.3) is 0 Å². The van der Waals surface area contributed by atoms with Crippen molar-refractivity contribution in [3.05, 3.63) is 23.9 Å². The minimum absolute atomic E-state index is 0.537. The molecule has 4 nitrogen and oxygen atoms in total. The molecule has 2 heterocycles. The Morgan fingerprint density at radius 1 is 1.58 bits per heavy atom. The third-order valence-corrected chi connectivity index (χ3v) is 3.53. The van der Waals surface area contributed by atoms with Gasteiger partial charge in [0.05, 0.1) is 11.6 Å². The summed E-state index contributed by atoms with van der Waals surface area (Å²) in [7, 11) is 0. The van der Waals surface area contributed by atoms with E-state index in [9.17, 15) is 0 Å².